The molecule has 0 unspecified atom stereocenters. The number of nitrogens with one attached hydrogen (secondary N) is 1. The van der Waals surface area contributed by atoms with Gasteiger partial charge in [0.05, 0.1) is 38.9 Å². The highest BCUT2D eigenvalue weighted by Gasteiger charge is 2.41. The molecule has 47 heavy (non-hydrogen) atoms. The van der Waals surface area contributed by atoms with Gasteiger partial charge in [-0.3, -0.25) is 14.4 Å². The second-order valence-corrected chi connectivity index (χ2v) is 13.1. The van der Waals surface area contributed by atoms with E-state index in [1.165, 1.54) is 26.2 Å². The van der Waals surface area contributed by atoms with Gasteiger partial charge in [-0.05, 0) is 55.8 Å². The third-order valence-electron chi connectivity index (χ3n) is 8.24. The smallest absolute Gasteiger partial charge is 0.313 e. The normalized spacial score (nSPS) is 16.6. The van der Waals surface area contributed by atoms with Crippen LogP contribution in [-0.2, 0) is 24.5 Å². The number of carbonyl (C=O) groups excluding carboxylic acids is 2. The minimum Gasteiger partial charge on any atom is -0.495 e. The highest BCUT2D eigenvalue weighted by atomic mass is 35.5. The molecule has 0 fully saturated rings. The number of aliphatic hydroxyl groups is 1. The zero-order valence-electron chi connectivity index (χ0n) is 27.5. The Morgan fingerprint density at radius 2 is 1.66 bits per heavy atom. The SMILES string of the molecule is COc1ccc(C(C)(C)C(=O)O)cc1NC(=O)C[C@H]1O[C@H](c2cccc(OC)c2OC)c2cc(Cl)ccc2N(CC(C)(C)CO)C1=O. The lowest BCUT2D eigenvalue weighted by Gasteiger charge is -2.32. The number of halogens is 1. The number of aliphatic hydroxyl groups excluding tert-OH is 1. The van der Waals surface area contributed by atoms with Crippen molar-refractivity contribution in [2.24, 2.45) is 5.41 Å². The van der Waals surface area contributed by atoms with E-state index >= 15 is 0 Å². The monoisotopic (exact) mass is 668 g/mol. The number of aliphatic carboxylic acids is 1. The van der Waals surface area contributed by atoms with Gasteiger partial charge in [-0.25, -0.2) is 0 Å². The van der Waals surface area contributed by atoms with Gasteiger partial charge in [0.25, 0.3) is 5.91 Å². The van der Waals surface area contributed by atoms with Crippen LogP contribution < -0.4 is 24.4 Å². The largest absolute Gasteiger partial charge is 0.495 e. The van der Waals surface area contributed by atoms with E-state index in [4.69, 9.17) is 30.5 Å². The van der Waals surface area contributed by atoms with Crippen LogP contribution in [0.2, 0.25) is 5.02 Å². The molecule has 1 aliphatic heterocycles. The maximum absolute atomic E-state index is 14.4. The minimum atomic E-state index is -1.30. The highest BCUT2D eigenvalue weighted by Crippen LogP contribution is 2.46. The molecule has 0 aromatic heterocycles. The van der Waals surface area contributed by atoms with E-state index in [2.05, 4.69) is 5.32 Å². The molecule has 3 N–H and O–H groups in total. The molecule has 0 saturated heterocycles. The topological polar surface area (TPSA) is 144 Å². The van der Waals surface area contributed by atoms with Crippen LogP contribution in [0.1, 0.15) is 56.9 Å². The lowest BCUT2D eigenvalue weighted by atomic mass is 9.84. The van der Waals surface area contributed by atoms with Crippen LogP contribution in [0.4, 0.5) is 11.4 Å². The Morgan fingerprint density at radius 1 is 0.957 bits per heavy atom. The van der Waals surface area contributed by atoms with Gasteiger partial charge < -0.3 is 39.4 Å². The highest BCUT2D eigenvalue weighted by molar-refractivity contribution is 6.30. The van der Waals surface area contributed by atoms with Crippen LogP contribution in [-0.4, -0.2) is 68.6 Å². The third kappa shape index (κ3) is 7.48. The Hall–Kier alpha value is -4.32. The Labute approximate surface area is 279 Å². The summed E-state index contributed by atoms with van der Waals surface area (Å²) in [5, 5.41) is 23.1. The molecule has 11 nitrogen and oxygen atoms in total. The number of rotatable bonds is 12. The maximum Gasteiger partial charge on any atom is 0.313 e. The first-order valence-electron chi connectivity index (χ1n) is 15.0. The molecule has 3 aromatic carbocycles. The van der Waals surface area contributed by atoms with E-state index in [9.17, 15) is 24.6 Å². The van der Waals surface area contributed by atoms with Crippen LogP contribution in [0.5, 0.6) is 17.2 Å². The van der Waals surface area contributed by atoms with Gasteiger partial charge in [0, 0.05) is 40.4 Å². The molecular formula is C35H41ClN2O9. The molecule has 0 saturated carbocycles. The number of hydrogen-bond donors (Lipinski definition) is 3. The molecule has 0 aliphatic carbocycles. The molecular weight excluding hydrogens is 628 g/mol. The molecule has 1 aliphatic rings. The molecule has 1 heterocycles. The first kappa shape index (κ1) is 35.5. The number of methoxy groups -OCH3 is 3. The summed E-state index contributed by atoms with van der Waals surface area (Å²) in [7, 11) is 4.44. The number of benzene rings is 3. The second kappa shape index (κ2) is 14.2. The standard InChI is InChI=1S/C35H41ClN2O9/c1-34(2,19-39)18-38-25-13-12-21(36)16-23(25)30(22-9-8-10-27(45-6)31(22)46-7)47-28(32(38)41)17-29(40)37-24-15-20(11-14-26(24)44-5)35(3,4)33(42)43/h8-16,28,30,39H,17-19H2,1-7H3,(H,37,40)(H,42,43)/t28-,30-/m1/s1. The molecule has 2 atom stereocenters. The number of fused-ring (bicyclic) bond motifs is 1. The van der Waals surface area contributed by atoms with Crippen molar-refractivity contribution in [3.05, 3.63) is 76.3 Å². The van der Waals surface area contributed by atoms with E-state index in [0.29, 0.717) is 44.6 Å². The van der Waals surface area contributed by atoms with Gasteiger partial charge in [0.15, 0.2) is 11.5 Å². The molecule has 2 amide bonds. The van der Waals surface area contributed by atoms with E-state index in [1.54, 1.807) is 68.4 Å². The average Bonchev–Trinajstić information content (AvgIpc) is 3.14. The average molecular weight is 669 g/mol. The number of amides is 2. The maximum atomic E-state index is 14.4. The van der Waals surface area contributed by atoms with E-state index in [-0.39, 0.29) is 18.8 Å². The first-order valence-corrected chi connectivity index (χ1v) is 15.3. The van der Waals surface area contributed by atoms with E-state index in [0.717, 1.165) is 0 Å². The van der Waals surface area contributed by atoms with Crippen molar-refractivity contribution >= 4 is 40.8 Å². The van der Waals surface area contributed by atoms with Gasteiger partial charge in [-0.1, -0.05) is 43.6 Å². The summed E-state index contributed by atoms with van der Waals surface area (Å²) in [6.45, 7) is 6.66. The fourth-order valence-electron chi connectivity index (χ4n) is 5.39. The molecule has 0 spiro atoms. The summed E-state index contributed by atoms with van der Waals surface area (Å²) >= 11 is 6.50. The summed E-state index contributed by atoms with van der Waals surface area (Å²) < 4.78 is 23.3. The van der Waals surface area contributed by atoms with E-state index < -0.39 is 47.2 Å². The third-order valence-corrected chi connectivity index (χ3v) is 8.47. The molecule has 12 heteroatoms. The zero-order valence-corrected chi connectivity index (χ0v) is 28.3. The Bertz CT molecular complexity index is 1660. The number of carboxylic acids is 1. The predicted molar refractivity (Wildman–Crippen MR) is 178 cm³/mol. The first-order chi connectivity index (χ1) is 22.2. The van der Waals surface area contributed by atoms with Gasteiger partial charge >= 0.3 is 5.97 Å². The number of carbonyl (C=O) groups is 3. The molecule has 252 valence electrons. The molecule has 3 aromatic rings. The Morgan fingerprint density at radius 3 is 2.28 bits per heavy atom. The zero-order chi connectivity index (χ0) is 34.7. The molecule has 4 rings (SSSR count). The fraction of sp³-hybridized carbons (Fsp3) is 0.400. The van der Waals surface area contributed by atoms with Crippen LogP contribution >= 0.6 is 11.6 Å². The van der Waals surface area contributed by atoms with Gasteiger partial charge in [-0.15, -0.1) is 0 Å². The minimum absolute atomic E-state index is 0.112. The van der Waals surface area contributed by atoms with Gasteiger partial charge in [-0.2, -0.15) is 0 Å². The quantitative estimate of drug-likeness (QED) is 0.225. The lowest BCUT2D eigenvalue weighted by Crippen LogP contribution is -2.46. The van der Waals surface area contributed by atoms with Crippen molar-refractivity contribution in [3.8, 4) is 17.2 Å². The van der Waals surface area contributed by atoms with Crippen molar-refractivity contribution in [3.63, 3.8) is 0 Å². The van der Waals surface area contributed by atoms with Crippen molar-refractivity contribution in [1.29, 1.82) is 0 Å². The van der Waals surface area contributed by atoms with Crippen molar-refractivity contribution in [2.45, 2.75) is 51.7 Å². The lowest BCUT2D eigenvalue weighted by molar-refractivity contribution is -0.142. The number of ether oxygens (including phenoxy) is 4. The predicted octanol–water partition coefficient (Wildman–Crippen LogP) is 5.60. The molecule has 0 bridgehead atoms. The number of carboxylic acid groups (broad SMARTS) is 1. The van der Waals surface area contributed by atoms with Gasteiger partial charge in [0.2, 0.25) is 5.91 Å². The van der Waals surface area contributed by atoms with Crippen LogP contribution in [0.3, 0.4) is 0 Å². The fourth-order valence-corrected chi connectivity index (χ4v) is 5.57. The number of para-hydroxylation sites is 1. The van der Waals surface area contributed by atoms with Crippen LogP contribution in [0.15, 0.2) is 54.6 Å². The summed E-state index contributed by atoms with van der Waals surface area (Å²) in [5.41, 5.74) is 0.327. The Kier molecular flexibility index (Phi) is 10.7. The number of nitrogens with zero attached hydrogens (tertiary/aromatic N) is 1. The Balaban J connectivity index is 1.81. The number of anilines is 2. The van der Waals surface area contributed by atoms with Crippen molar-refractivity contribution < 1.29 is 43.5 Å². The summed E-state index contributed by atoms with van der Waals surface area (Å²) in [4.78, 5) is 41.5. The summed E-state index contributed by atoms with van der Waals surface area (Å²) in [5.74, 6) is -0.980. The van der Waals surface area contributed by atoms with E-state index in [1.807, 2.05) is 13.8 Å². The summed E-state index contributed by atoms with van der Waals surface area (Å²) in [6.07, 6.45) is -2.64. The molecule has 0 radical (unpaired) electrons. The van der Waals surface area contributed by atoms with Crippen molar-refractivity contribution in [2.75, 3.05) is 44.7 Å². The summed E-state index contributed by atoms with van der Waals surface area (Å²) in [6, 6.07) is 15.1. The van der Waals surface area contributed by atoms with Crippen molar-refractivity contribution in [1.82, 2.24) is 0 Å². The second-order valence-electron chi connectivity index (χ2n) is 12.6. The van der Waals surface area contributed by atoms with Crippen LogP contribution in [0, 0.1) is 5.41 Å². The van der Waals surface area contributed by atoms with Gasteiger partial charge in [0.1, 0.15) is 18.0 Å². The van der Waals surface area contributed by atoms with Crippen LogP contribution in [0.25, 0.3) is 0 Å². The number of hydrogen-bond acceptors (Lipinski definition) is 8.